The molecule has 1 aliphatic rings. The minimum absolute atomic E-state index is 0.0486. The fourth-order valence-corrected chi connectivity index (χ4v) is 5.54. The van der Waals surface area contributed by atoms with E-state index in [1.807, 2.05) is 68.6 Å². The smallest absolute Gasteiger partial charge is 0.201 e. The first kappa shape index (κ1) is 23.6. The lowest BCUT2D eigenvalue weighted by Crippen LogP contribution is -2.29. The highest BCUT2D eigenvalue weighted by atomic mass is 16.3. The minimum Gasteiger partial charge on any atom is -0.506 e. The van der Waals surface area contributed by atoms with Crippen LogP contribution in [-0.4, -0.2) is 15.5 Å². The lowest BCUT2D eigenvalue weighted by atomic mass is 9.69. The molecule has 1 N–H and O–H groups in total. The zero-order chi connectivity index (χ0) is 25.6. The molecule has 5 rings (SSSR count). The zero-order valence-corrected chi connectivity index (χ0v) is 21.3. The van der Waals surface area contributed by atoms with Crippen LogP contribution in [0.4, 0.5) is 0 Å². The average Bonchev–Trinajstić information content (AvgIpc) is 3.13. The van der Waals surface area contributed by atoms with Gasteiger partial charge in [-0.1, -0.05) is 86.3 Å². The molecule has 180 valence electrons. The van der Waals surface area contributed by atoms with Gasteiger partial charge in [0, 0.05) is 34.6 Å². The maximum atomic E-state index is 13.5. The molecule has 0 saturated heterocycles. The lowest BCUT2D eigenvalue weighted by Gasteiger charge is -2.34. The molecule has 1 atom stereocenters. The van der Waals surface area contributed by atoms with Crippen LogP contribution < -0.4 is 0 Å². The van der Waals surface area contributed by atoms with Gasteiger partial charge in [0.25, 0.3) is 0 Å². The predicted octanol–water partition coefficient (Wildman–Crippen LogP) is 7.33. The van der Waals surface area contributed by atoms with Crippen LogP contribution in [0.2, 0.25) is 0 Å². The second-order valence-electron chi connectivity index (χ2n) is 9.98. The van der Waals surface area contributed by atoms with Crippen LogP contribution in [0.5, 0.6) is 0 Å². The highest BCUT2D eigenvalue weighted by Crippen LogP contribution is 2.44. The van der Waals surface area contributed by atoms with Gasteiger partial charge in [0.2, 0.25) is 5.78 Å². The Kier molecular flexibility index (Phi) is 5.80. The Morgan fingerprint density at radius 3 is 2.31 bits per heavy atom. The Morgan fingerprint density at radius 1 is 0.972 bits per heavy atom. The molecule has 3 heteroatoms. The number of carbonyl (C=O) groups excluding carboxylic acids is 1. The van der Waals surface area contributed by atoms with Crippen molar-refractivity contribution in [1.82, 2.24) is 4.57 Å². The molecule has 3 aromatic carbocycles. The molecule has 4 aromatic rings. The highest BCUT2D eigenvalue weighted by molar-refractivity contribution is 6.40. The van der Waals surface area contributed by atoms with Crippen molar-refractivity contribution in [3.05, 3.63) is 136 Å². The summed E-state index contributed by atoms with van der Waals surface area (Å²) in [5.41, 5.74) is 7.39. The molecule has 0 radical (unpaired) electrons. The summed E-state index contributed by atoms with van der Waals surface area (Å²) in [4.78, 5) is 13.5. The van der Waals surface area contributed by atoms with Crippen molar-refractivity contribution in [3.8, 4) is 0 Å². The number of para-hydroxylation sites is 1. The molecule has 0 spiro atoms. The van der Waals surface area contributed by atoms with E-state index in [0.29, 0.717) is 11.1 Å². The van der Waals surface area contributed by atoms with Crippen molar-refractivity contribution < 1.29 is 9.90 Å². The van der Waals surface area contributed by atoms with Crippen molar-refractivity contribution in [2.24, 2.45) is 7.05 Å². The highest BCUT2D eigenvalue weighted by Gasteiger charge is 2.39. The number of aliphatic hydroxyl groups excluding tert-OH is 1. The normalized spacial score (nSPS) is 16.3. The maximum absolute atomic E-state index is 13.5. The van der Waals surface area contributed by atoms with Crippen LogP contribution in [0, 0.1) is 13.8 Å². The van der Waals surface area contributed by atoms with Crippen molar-refractivity contribution in [2.45, 2.75) is 32.6 Å². The number of Topliss-reactive ketones (excluding diaryl/α,β-unsaturated/α-hetero) is 1. The summed E-state index contributed by atoms with van der Waals surface area (Å²) < 4.78 is 2.06. The molecule has 0 saturated carbocycles. The van der Waals surface area contributed by atoms with Crippen LogP contribution in [0.25, 0.3) is 16.5 Å². The first-order valence-corrected chi connectivity index (χ1v) is 12.3. The van der Waals surface area contributed by atoms with Gasteiger partial charge in [-0.05, 0) is 54.7 Å². The summed E-state index contributed by atoms with van der Waals surface area (Å²) in [5, 5.41) is 12.1. The Hall–Kier alpha value is -4.11. The first-order valence-electron chi connectivity index (χ1n) is 12.3. The van der Waals surface area contributed by atoms with Gasteiger partial charge in [-0.2, -0.15) is 0 Å². The number of ketones is 1. The van der Waals surface area contributed by atoms with Crippen LogP contribution in [-0.2, 0) is 23.7 Å². The summed E-state index contributed by atoms with van der Waals surface area (Å²) >= 11 is 0. The van der Waals surface area contributed by atoms with E-state index >= 15 is 0 Å². The quantitative estimate of drug-likeness (QED) is 0.298. The van der Waals surface area contributed by atoms with Gasteiger partial charge in [-0.3, -0.25) is 4.79 Å². The number of hydrogen-bond donors (Lipinski definition) is 1. The molecule has 1 aromatic heterocycles. The van der Waals surface area contributed by atoms with Gasteiger partial charge < -0.3 is 9.67 Å². The molecule has 3 nitrogen and oxygen atoms in total. The lowest BCUT2D eigenvalue weighted by molar-refractivity contribution is -0.111. The standard InChI is InChI=1S/C33H31NO2/c1-21-13-9-11-17-27(21)33(4,20-24-14-7-6-8-15-24)22(2)19-26-31(35)30(32(26)36)29-23(3)34(5)28-18-12-10-16-25(28)29/h6-19,35H,2,20H2,1,3-5H3/b26-19+. The maximum Gasteiger partial charge on any atom is 0.201 e. The second-order valence-corrected chi connectivity index (χ2v) is 9.98. The third-order valence-electron chi connectivity index (χ3n) is 7.78. The van der Waals surface area contributed by atoms with Crippen LogP contribution >= 0.6 is 0 Å². The molecular formula is C33H31NO2. The van der Waals surface area contributed by atoms with Crippen LogP contribution in [0.3, 0.4) is 0 Å². The minimum atomic E-state index is -0.453. The number of aliphatic hydroxyl groups is 1. The molecule has 1 aliphatic carbocycles. The van der Waals surface area contributed by atoms with Gasteiger partial charge in [0.15, 0.2) is 0 Å². The van der Waals surface area contributed by atoms with E-state index in [1.54, 1.807) is 6.08 Å². The van der Waals surface area contributed by atoms with E-state index in [4.69, 9.17) is 0 Å². The number of hydrogen-bond acceptors (Lipinski definition) is 2. The number of nitrogens with zero attached hydrogens (tertiary/aromatic N) is 1. The van der Waals surface area contributed by atoms with Gasteiger partial charge in [0.05, 0.1) is 11.1 Å². The predicted molar refractivity (Wildman–Crippen MR) is 148 cm³/mol. The van der Waals surface area contributed by atoms with Crippen molar-refractivity contribution >= 4 is 22.3 Å². The summed E-state index contributed by atoms with van der Waals surface area (Å²) in [5.74, 6) is -0.0904. The molecule has 0 fully saturated rings. The molecular weight excluding hydrogens is 442 g/mol. The SMILES string of the molecule is C=C(/C=C1/C(=O)C(c2c(C)n(C)c3ccccc23)=C1O)C(C)(Cc1ccccc1)c1ccccc1C. The number of benzene rings is 3. The largest absolute Gasteiger partial charge is 0.506 e. The van der Waals surface area contributed by atoms with Crippen LogP contribution in [0.1, 0.15) is 34.9 Å². The monoisotopic (exact) mass is 473 g/mol. The van der Waals surface area contributed by atoms with E-state index in [2.05, 4.69) is 49.3 Å². The summed E-state index contributed by atoms with van der Waals surface area (Å²) in [6.07, 6.45) is 2.52. The fraction of sp³-hybridized carbons (Fsp3) is 0.182. The Bertz CT molecular complexity index is 1580. The van der Waals surface area contributed by atoms with Gasteiger partial charge in [-0.15, -0.1) is 0 Å². The average molecular weight is 474 g/mol. The van der Waals surface area contributed by atoms with E-state index in [0.717, 1.165) is 39.7 Å². The Balaban J connectivity index is 1.59. The number of allylic oxidation sites excluding steroid dienone is 4. The van der Waals surface area contributed by atoms with Gasteiger partial charge >= 0.3 is 0 Å². The van der Waals surface area contributed by atoms with E-state index in [9.17, 15) is 9.90 Å². The van der Waals surface area contributed by atoms with Crippen molar-refractivity contribution in [1.29, 1.82) is 0 Å². The number of aryl methyl sites for hydroxylation is 2. The molecule has 1 unspecified atom stereocenters. The van der Waals surface area contributed by atoms with Crippen molar-refractivity contribution in [2.75, 3.05) is 0 Å². The third kappa shape index (κ3) is 3.63. The van der Waals surface area contributed by atoms with Gasteiger partial charge in [-0.25, -0.2) is 0 Å². The van der Waals surface area contributed by atoms with E-state index in [-0.39, 0.29) is 11.5 Å². The zero-order valence-electron chi connectivity index (χ0n) is 21.3. The molecule has 0 aliphatic heterocycles. The number of rotatable bonds is 6. The number of carbonyl (C=O) groups is 1. The summed E-state index contributed by atoms with van der Waals surface area (Å²) in [6.45, 7) is 10.7. The van der Waals surface area contributed by atoms with Crippen molar-refractivity contribution in [3.63, 3.8) is 0 Å². The Morgan fingerprint density at radius 2 is 1.61 bits per heavy atom. The molecule has 1 heterocycles. The van der Waals surface area contributed by atoms with Gasteiger partial charge in [0.1, 0.15) is 5.76 Å². The number of aromatic nitrogens is 1. The fourth-order valence-electron chi connectivity index (χ4n) is 5.54. The molecule has 36 heavy (non-hydrogen) atoms. The molecule has 0 bridgehead atoms. The Labute approximate surface area is 212 Å². The van der Waals surface area contributed by atoms with Crippen LogP contribution in [0.15, 0.2) is 108 Å². The third-order valence-corrected chi connectivity index (χ3v) is 7.78. The topological polar surface area (TPSA) is 42.2 Å². The first-order chi connectivity index (χ1) is 17.2. The summed E-state index contributed by atoms with van der Waals surface area (Å²) in [7, 11) is 1.98. The summed E-state index contributed by atoms with van der Waals surface area (Å²) in [6, 6.07) is 26.6. The van der Waals surface area contributed by atoms with E-state index < -0.39 is 5.41 Å². The molecule has 0 amide bonds. The van der Waals surface area contributed by atoms with E-state index in [1.165, 1.54) is 11.1 Å². The number of fused-ring (bicyclic) bond motifs is 1. The second kappa shape index (κ2) is 8.83.